The van der Waals surface area contributed by atoms with Crippen LogP contribution in [0.15, 0.2) is 40.9 Å². The Morgan fingerprint density at radius 3 is 2.53 bits per heavy atom. The van der Waals surface area contributed by atoms with Crippen molar-refractivity contribution in [2.24, 2.45) is 0 Å². The lowest BCUT2D eigenvalue weighted by Crippen LogP contribution is -2.19. The first-order valence-electron chi connectivity index (χ1n) is 5.92. The molecule has 0 bridgehead atoms. The molecule has 0 saturated carbocycles. The summed E-state index contributed by atoms with van der Waals surface area (Å²) < 4.78 is 28.2. The van der Waals surface area contributed by atoms with E-state index in [2.05, 4.69) is 21.2 Å². The van der Waals surface area contributed by atoms with Gasteiger partial charge in [-0.2, -0.15) is 0 Å². The predicted molar refractivity (Wildman–Crippen MR) is 76.1 cm³/mol. The molecule has 0 aromatic heterocycles. The first kappa shape index (κ1) is 14.2. The molecule has 4 heteroatoms. The van der Waals surface area contributed by atoms with Gasteiger partial charge in [0.15, 0.2) is 11.6 Å². The summed E-state index contributed by atoms with van der Waals surface area (Å²) in [7, 11) is 1.73. The van der Waals surface area contributed by atoms with Gasteiger partial charge in [0.05, 0.1) is 6.04 Å². The number of rotatable bonds is 3. The highest BCUT2D eigenvalue weighted by atomic mass is 79.9. The summed E-state index contributed by atoms with van der Waals surface area (Å²) in [6.07, 6.45) is 0. The Hall–Kier alpha value is -1.26. The molecule has 2 aromatic carbocycles. The molecule has 0 radical (unpaired) electrons. The zero-order valence-electron chi connectivity index (χ0n) is 10.7. The van der Waals surface area contributed by atoms with E-state index in [1.807, 2.05) is 25.1 Å². The lowest BCUT2D eigenvalue weighted by molar-refractivity contribution is 0.487. The normalized spacial score (nSPS) is 12.5. The molecule has 1 unspecified atom stereocenters. The number of aryl methyl sites for hydroxylation is 1. The number of nitrogens with one attached hydrogen (secondary N) is 1. The van der Waals surface area contributed by atoms with Gasteiger partial charge in [0.2, 0.25) is 0 Å². The topological polar surface area (TPSA) is 12.0 Å². The molecule has 0 spiro atoms. The molecule has 19 heavy (non-hydrogen) atoms. The molecule has 0 heterocycles. The summed E-state index contributed by atoms with van der Waals surface area (Å²) in [4.78, 5) is 0. The first-order chi connectivity index (χ1) is 9.04. The third-order valence-electron chi connectivity index (χ3n) is 3.10. The molecule has 1 atom stereocenters. The van der Waals surface area contributed by atoms with Gasteiger partial charge in [-0.05, 0) is 37.2 Å². The van der Waals surface area contributed by atoms with Gasteiger partial charge >= 0.3 is 0 Å². The van der Waals surface area contributed by atoms with E-state index < -0.39 is 11.6 Å². The first-order valence-corrected chi connectivity index (χ1v) is 6.71. The summed E-state index contributed by atoms with van der Waals surface area (Å²) in [6, 6.07) is 9.62. The van der Waals surface area contributed by atoms with Crippen LogP contribution in [0.2, 0.25) is 0 Å². The van der Waals surface area contributed by atoms with Crippen molar-refractivity contribution in [2.75, 3.05) is 7.05 Å². The van der Waals surface area contributed by atoms with Crippen molar-refractivity contribution < 1.29 is 8.78 Å². The Labute approximate surface area is 119 Å². The lowest BCUT2D eigenvalue weighted by atomic mass is 9.97. The maximum atomic E-state index is 13.9. The van der Waals surface area contributed by atoms with Crippen LogP contribution in [0.3, 0.4) is 0 Å². The summed E-state index contributed by atoms with van der Waals surface area (Å²) in [5, 5.41) is 3.03. The molecular formula is C15H14BrF2N. The average Bonchev–Trinajstić information content (AvgIpc) is 2.39. The van der Waals surface area contributed by atoms with Crippen molar-refractivity contribution in [1.29, 1.82) is 0 Å². The quantitative estimate of drug-likeness (QED) is 0.884. The highest BCUT2D eigenvalue weighted by molar-refractivity contribution is 9.10. The summed E-state index contributed by atoms with van der Waals surface area (Å²) in [5.41, 5.74) is 2.26. The second kappa shape index (κ2) is 5.80. The second-order valence-corrected chi connectivity index (χ2v) is 5.23. The van der Waals surface area contributed by atoms with Crippen molar-refractivity contribution in [2.45, 2.75) is 13.0 Å². The molecule has 100 valence electrons. The molecule has 2 aromatic rings. The Morgan fingerprint density at radius 2 is 1.89 bits per heavy atom. The highest BCUT2D eigenvalue weighted by Gasteiger charge is 2.18. The summed E-state index contributed by atoms with van der Waals surface area (Å²) in [5.74, 6) is -1.63. The van der Waals surface area contributed by atoms with E-state index >= 15 is 0 Å². The minimum atomic E-state index is -0.827. The van der Waals surface area contributed by atoms with E-state index in [1.54, 1.807) is 13.1 Å². The van der Waals surface area contributed by atoms with E-state index in [1.165, 1.54) is 6.07 Å². The molecule has 1 nitrogen and oxygen atoms in total. The van der Waals surface area contributed by atoms with Crippen LogP contribution in [0.4, 0.5) is 8.78 Å². The maximum Gasteiger partial charge on any atom is 0.163 e. The Morgan fingerprint density at radius 1 is 1.16 bits per heavy atom. The average molecular weight is 326 g/mol. The Kier molecular flexibility index (Phi) is 4.32. The number of halogens is 3. The van der Waals surface area contributed by atoms with Crippen LogP contribution in [0.5, 0.6) is 0 Å². The van der Waals surface area contributed by atoms with E-state index in [0.717, 1.165) is 21.7 Å². The van der Waals surface area contributed by atoms with Crippen LogP contribution in [0, 0.1) is 18.6 Å². The van der Waals surface area contributed by atoms with E-state index in [-0.39, 0.29) is 6.04 Å². The fraction of sp³-hybridized carbons (Fsp3) is 0.200. The van der Waals surface area contributed by atoms with Crippen molar-refractivity contribution in [3.8, 4) is 0 Å². The van der Waals surface area contributed by atoms with Crippen LogP contribution in [-0.4, -0.2) is 7.05 Å². The van der Waals surface area contributed by atoms with E-state index in [0.29, 0.717) is 5.56 Å². The lowest BCUT2D eigenvalue weighted by Gasteiger charge is -2.19. The molecule has 2 rings (SSSR count). The summed E-state index contributed by atoms with van der Waals surface area (Å²) >= 11 is 3.43. The fourth-order valence-corrected chi connectivity index (χ4v) is 2.34. The molecule has 0 aliphatic carbocycles. The van der Waals surface area contributed by atoms with Gasteiger partial charge in [-0.15, -0.1) is 0 Å². The molecule has 0 saturated heterocycles. The standard InChI is InChI=1S/C15H14BrF2N/c1-9-8-10(6-7-12(9)16)15(19-2)11-4-3-5-13(17)14(11)18/h3-8,15,19H,1-2H3. The van der Waals surface area contributed by atoms with E-state index in [4.69, 9.17) is 0 Å². The van der Waals surface area contributed by atoms with Gasteiger partial charge in [0.25, 0.3) is 0 Å². The minimum Gasteiger partial charge on any atom is -0.309 e. The molecule has 0 aliphatic rings. The van der Waals surface area contributed by atoms with Gasteiger partial charge in [-0.25, -0.2) is 8.78 Å². The Bertz CT molecular complexity index is 599. The van der Waals surface area contributed by atoms with Crippen LogP contribution in [-0.2, 0) is 0 Å². The monoisotopic (exact) mass is 325 g/mol. The van der Waals surface area contributed by atoms with E-state index in [9.17, 15) is 8.78 Å². The van der Waals surface area contributed by atoms with Crippen molar-refractivity contribution in [1.82, 2.24) is 5.32 Å². The molecule has 1 N–H and O–H groups in total. The third kappa shape index (κ3) is 2.85. The molecule has 0 fully saturated rings. The number of hydrogen-bond donors (Lipinski definition) is 1. The van der Waals surface area contributed by atoms with Crippen molar-refractivity contribution >= 4 is 15.9 Å². The number of benzene rings is 2. The van der Waals surface area contributed by atoms with Gasteiger partial charge in [0, 0.05) is 10.0 Å². The van der Waals surface area contributed by atoms with Gasteiger partial charge in [-0.1, -0.05) is 40.2 Å². The SMILES string of the molecule is CNC(c1ccc(Br)c(C)c1)c1cccc(F)c1F. The zero-order valence-corrected chi connectivity index (χ0v) is 12.3. The molecule has 0 amide bonds. The summed E-state index contributed by atoms with van der Waals surface area (Å²) in [6.45, 7) is 1.96. The predicted octanol–water partition coefficient (Wildman–Crippen LogP) is 4.34. The van der Waals surface area contributed by atoms with Gasteiger partial charge in [-0.3, -0.25) is 0 Å². The number of hydrogen-bond acceptors (Lipinski definition) is 1. The van der Waals surface area contributed by atoms with Crippen LogP contribution in [0.25, 0.3) is 0 Å². The molecule has 0 aliphatic heterocycles. The van der Waals surface area contributed by atoms with Gasteiger partial charge < -0.3 is 5.32 Å². The fourth-order valence-electron chi connectivity index (χ4n) is 2.09. The largest absolute Gasteiger partial charge is 0.309 e. The van der Waals surface area contributed by atoms with Crippen molar-refractivity contribution in [3.63, 3.8) is 0 Å². The van der Waals surface area contributed by atoms with Gasteiger partial charge in [0.1, 0.15) is 0 Å². The third-order valence-corrected chi connectivity index (χ3v) is 3.99. The highest BCUT2D eigenvalue weighted by Crippen LogP contribution is 2.28. The second-order valence-electron chi connectivity index (χ2n) is 4.37. The van der Waals surface area contributed by atoms with Crippen molar-refractivity contribution in [3.05, 3.63) is 69.2 Å². The minimum absolute atomic E-state index is 0.309. The molecular weight excluding hydrogens is 312 g/mol. The van der Waals surface area contributed by atoms with Crippen LogP contribution < -0.4 is 5.32 Å². The maximum absolute atomic E-state index is 13.9. The van der Waals surface area contributed by atoms with Crippen LogP contribution in [0.1, 0.15) is 22.7 Å². The zero-order chi connectivity index (χ0) is 14.0. The van der Waals surface area contributed by atoms with Crippen LogP contribution >= 0.6 is 15.9 Å². The Balaban J connectivity index is 2.50. The smallest absolute Gasteiger partial charge is 0.163 e.